The Morgan fingerprint density at radius 2 is 1.94 bits per heavy atom. The zero-order valence-electron chi connectivity index (χ0n) is 17.6. The maximum atomic E-state index is 11.0. The summed E-state index contributed by atoms with van der Waals surface area (Å²) >= 11 is 1.42. The van der Waals surface area contributed by atoms with Crippen LogP contribution in [0.5, 0.6) is 10.8 Å². The number of hydrogen-bond acceptors (Lipinski definition) is 9. The van der Waals surface area contributed by atoms with Crippen molar-refractivity contribution in [2.24, 2.45) is 0 Å². The van der Waals surface area contributed by atoms with Gasteiger partial charge in [0, 0.05) is 38.2 Å². The van der Waals surface area contributed by atoms with Gasteiger partial charge in [0.2, 0.25) is 5.06 Å². The molecule has 0 radical (unpaired) electrons. The van der Waals surface area contributed by atoms with Gasteiger partial charge in [-0.2, -0.15) is 0 Å². The van der Waals surface area contributed by atoms with Crippen molar-refractivity contribution < 1.29 is 14.6 Å². The van der Waals surface area contributed by atoms with Crippen LogP contribution in [0.2, 0.25) is 0 Å². The van der Waals surface area contributed by atoms with E-state index in [4.69, 9.17) is 14.8 Å². The van der Waals surface area contributed by atoms with Crippen LogP contribution in [0.25, 0.3) is 11.4 Å². The van der Waals surface area contributed by atoms with Gasteiger partial charge in [0.25, 0.3) is 0 Å². The minimum atomic E-state index is -1.03. The first-order chi connectivity index (χ1) is 15.4. The number of nitrogens with one attached hydrogen (secondary N) is 1. The third-order valence-corrected chi connectivity index (χ3v) is 5.41. The SMILES string of the molecule is Cc1cccc(-c2nc(N(C)C)sc2Oc2ccnc(Nc3ccc(C(=O)O)cn3)c2)n1. The Bertz CT molecular complexity index is 1260. The van der Waals surface area contributed by atoms with Crippen molar-refractivity contribution in [3.05, 3.63) is 66.1 Å². The fourth-order valence-electron chi connectivity index (χ4n) is 2.77. The summed E-state index contributed by atoms with van der Waals surface area (Å²) in [5.41, 5.74) is 2.41. The van der Waals surface area contributed by atoms with Crippen LogP contribution in [-0.2, 0) is 0 Å². The second-order valence-electron chi connectivity index (χ2n) is 7.03. The molecular weight excluding hydrogens is 428 g/mol. The van der Waals surface area contributed by atoms with Crippen LogP contribution in [0.4, 0.5) is 16.8 Å². The molecule has 4 aromatic heterocycles. The molecule has 0 atom stereocenters. The van der Waals surface area contributed by atoms with Gasteiger partial charge in [0.1, 0.15) is 23.1 Å². The number of ether oxygens (including phenoxy) is 1. The molecule has 0 spiro atoms. The van der Waals surface area contributed by atoms with E-state index in [1.807, 2.05) is 44.1 Å². The number of carboxylic acid groups (broad SMARTS) is 1. The number of pyridine rings is 3. The summed E-state index contributed by atoms with van der Waals surface area (Å²) in [7, 11) is 3.85. The van der Waals surface area contributed by atoms with Crippen molar-refractivity contribution in [2.75, 3.05) is 24.3 Å². The number of aromatic carboxylic acids is 1. The topological polar surface area (TPSA) is 113 Å². The molecule has 32 heavy (non-hydrogen) atoms. The molecule has 4 aromatic rings. The van der Waals surface area contributed by atoms with Crippen LogP contribution in [-0.4, -0.2) is 45.1 Å². The molecule has 0 aromatic carbocycles. The zero-order valence-corrected chi connectivity index (χ0v) is 18.4. The van der Waals surface area contributed by atoms with Gasteiger partial charge in [-0.3, -0.25) is 4.98 Å². The van der Waals surface area contributed by atoms with Gasteiger partial charge in [0.15, 0.2) is 5.13 Å². The van der Waals surface area contributed by atoms with Gasteiger partial charge in [-0.25, -0.2) is 19.7 Å². The molecule has 0 aliphatic rings. The van der Waals surface area contributed by atoms with Gasteiger partial charge in [0.05, 0.1) is 11.3 Å². The predicted molar refractivity (Wildman–Crippen MR) is 123 cm³/mol. The lowest BCUT2D eigenvalue weighted by Crippen LogP contribution is -2.07. The van der Waals surface area contributed by atoms with Crippen LogP contribution in [0.1, 0.15) is 16.1 Å². The van der Waals surface area contributed by atoms with E-state index in [0.717, 1.165) is 16.5 Å². The van der Waals surface area contributed by atoms with Crippen LogP contribution in [0.3, 0.4) is 0 Å². The summed E-state index contributed by atoms with van der Waals surface area (Å²) in [4.78, 5) is 30.6. The third-order valence-electron chi connectivity index (χ3n) is 4.31. The molecule has 0 saturated carbocycles. The highest BCUT2D eigenvalue weighted by Gasteiger charge is 2.18. The molecule has 0 aliphatic heterocycles. The van der Waals surface area contributed by atoms with E-state index in [2.05, 4.69) is 20.3 Å². The highest BCUT2D eigenvalue weighted by molar-refractivity contribution is 7.17. The Morgan fingerprint density at radius 3 is 2.62 bits per heavy atom. The largest absolute Gasteiger partial charge is 0.478 e. The molecular formula is C22H20N6O3S. The van der Waals surface area contributed by atoms with Gasteiger partial charge in [-0.15, -0.1) is 0 Å². The summed E-state index contributed by atoms with van der Waals surface area (Å²) in [5, 5.41) is 13.5. The van der Waals surface area contributed by atoms with E-state index in [-0.39, 0.29) is 5.56 Å². The second kappa shape index (κ2) is 8.98. The van der Waals surface area contributed by atoms with Gasteiger partial charge < -0.3 is 20.1 Å². The molecule has 0 fully saturated rings. The minimum absolute atomic E-state index is 0.111. The van der Waals surface area contributed by atoms with E-state index in [9.17, 15) is 4.79 Å². The smallest absolute Gasteiger partial charge is 0.337 e. The van der Waals surface area contributed by atoms with E-state index in [1.165, 1.54) is 23.6 Å². The Balaban J connectivity index is 1.60. The molecule has 4 rings (SSSR count). The molecule has 0 bridgehead atoms. The van der Waals surface area contributed by atoms with E-state index in [1.54, 1.807) is 24.4 Å². The van der Waals surface area contributed by atoms with Crippen molar-refractivity contribution in [3.8, 4) is 22.2 Å². The van der Waals surface area contributed by atoms with Crippen LogP contribution in [0.15, 0.2) is 54.9 Å². The molecule has 10 heteroatoms. The number of aryl methyl sites for hydroxylation is 1. The maximum absolute atomic E-state index is 11.0. The second-order valence-corrected chi connectivity index (χ2v) is 7.97. The number of anilines is 3. The summed E-state index contributed by atoms with van der Waals surface area (Å²) < 4.78 is 6.17. The fraction of sp³-hybridized carbons (Fsp3) is 0.136. The number of hydrogen-bond donors (Lipinski definition) is 2. The Hall–Kier alpha value is -4.05. The minimum Gasteiger partial charge on any atom is -0.478 e. The summed E-state index contributed by atoms with van der Waals surface area (Å²) in [6.45, 7) is 1.93. The number of thiazole rings is 1. The maximum Gasteiger partial charge on any atom is 0.337 e. The molecule has 0 saturated heterocycles. The zero-order chi connectivity index (χ0) is 22.7. The number of carbonyl (C=O) groups is 1. The molecule has 4 heterocycles. The van der Waals surface area contributed by atoms with E-state index < -0.39 is 5.97 Å². The summed E-state index contributed by atoms with van der Waals surface area (Å²) in [6.07, 6.45) is 2.90. The Morgan fingerprint density at radius 1 is 1.09 bits per heavy atom. The van der Waals surface area contributed by atoms with Crippen molar-refractivity contribution >= 4 is 34.1 Å². The van der Waals surface area contributed by atoms with E-state index >= 15 is 0 Å². The normalized spacial score (nSPS) is 10.6. The van der Waals surface area contributed by atoms with Gasteiger partial charge in [-0.1, -0.05) is 17.4 Å². The third kappa shape index (κ3) is 4.81. The van der Waals surface area contributed by atoms with Gasteiger partial charge >= 0.3 is 5.97 Å². The first kappa shape index (κ1) is 21.2. The average molecular weight is 449 g/mol. The highest BCUT2D eigenvalue weighted by Crippen LogP contribution is 2.41. The summed E-state index contributed by atoms with van der Waals surface area (Å²) in [6, 6.07) is 12.3. The molecule has 0 amide bonds. The lowest BCUT2D eigenvalue weighted by Gasteiger charge is -2.08. The molecule has 0 unspecified atom stereocenters. The molecule has 2 N–H and O–H groups in total. The van der Waals surface area contributed by atoms with Crippen molar-refractivity contribution in [3.63, 3.8) is 0 Å². The average Bonchev–Trinajstić information content (AvgIpc) is 3.18. The first-order valence-electron chi connectivity index (χ1n) is 9.61. The van der Waals surface area contributed by atoms with Crippen LogP contribution >= 0.6 is 11.3 Å². The van der Waals surface area contributed by atoms with Crippen molar-refractivity contribution in [1.29, 1.82) is 0 Å². The summed E-state index contributed by atoms with van der Waals surface area (Å²) in [5.74, 6) is 0.508. The quantitative estimate of drug-likeness (QED) is 0.418. The number of carboxylic acids is 1. The number of rotatable bonds is 7. The molecule has 0 aliphatic carbocycles. The standard InChI is InChI=1S/C22H20N6O3S/c1-13-5-4-6-16(25-13)19-21(32-22(27-19)28(2)3)31-15-9-10-23-18(11-15)26-17-8-7-14(12-24-17)20(29)30/h4-12H,1-3H3,(H,29,30)(H,23,24,26). The van der Waals surface area contributed by atoms with Crippen molar-refractivity contribution in [2.45, 2.75) is 6.92 Å². The highest BCUT2D eigenvalue weighted by atomic mass is 32.1. The fourth-order valence-corrected chi connectivity index (χ4v) is 3.64. The van der Waals surface area contributed by atoms with Crippen LogP contribution < -0.4 is 15.0 Å². The Kier molecular flexibility index (Phi) is 5.95. The molecule has 9 nitrogen and oxygen atoms in total. The predicted octanol–water partition coefficient (Wildman–Crippen LogP) is 4.60. The van der Waals surface area contributed by atoms with Gasteiger partial charge in [-0.05, 0) is 37.3 Å². The monoisotopic (exact) mass is 448 g/mol. The van der Waals surface area contributed by atoms with Crippen molar-refractivity contribution in [1.82, 2.24) is 19.9 Å². The lowest BCUT2D eigenvalue weighted by atomic mass is 10.2. The first-order valence-corrected chi connectivity index (χ1v) is 10.4. The number of aromatic nitrogens is 4. The van der Waals surface area contributed by atoms with E-state index in [0.29, 0.717) is 28.1 Å². The Labute approximate surface area is 188 Å². The van der Waals surface area contributed by atoms with Crippen LogP contribution in [0, 0.1) is 6.92 Å². The number of nitrogens with zero attached hydrogens (tertiary/aromatic N) is 5. The molecule has 162 valence electrons. The lowest BCUT2D eigenvalue weighted by molar-refractivity contribution is 0.0696.